The SMILES string of the molecule is O=C(O)C(F)(F)F.[2H]C([2H])(Nc1nc(N2CCOCC2)nc2c1ncn2-c1cccc(F)c1)c1nc2c(F)c(F)ccc2[nH]1. The van der Waals surface area contributed by atoms with Crippen LogP contribution < -0.4 is 10.2 Å². The van der Waals surface area contributed by atoms with Gasteiger partial charge in [0.1, 0.15) is 23.5 Å². The first-order chi connectivity index (χ1) is 20.7. The summed E-state index contributed by atoms with van der Waals surface area (Å²) in [4.78, 5) is 31.0. The maximum Gasteiger partial charge on any atom is 0.490 e. The molecule has 3 aromatic heterocycles. The van der Waals surface area contributed by atoms with Crippen molar-refractivity contribution in [2.75, 3.05) is 36.5 Å². The average molecular weight is 596 g/mol. The molecule has 0 amide bonds. The Balaban J connectivity index is 0.000000493. The minimum absolute atomic E-state index is 0.0405. The van der Waals surface area contributed by atoms with Crippen LogP contribution in [0.15, 0.2) is 42.7 Å². The second kappa shape index (κ2) is 11.5. The molecular formula is C25H20F6N8O3. The number of carboxylic acids is 1. The molecule has 4 heterocycles. The summed E-state index contributed by atoms with van der Waals surface area (Å²) in [5, 5.41) is 9.82. The van der Waals surface area contributed by atoms with Crippen LogP contribution in [-0.4, -0.2) is 73.0 Å². The average Bonchev–Trinajstić information content (AvgIpc) is 3.61. The van der Waals surface area contributed by atoms with E-state index in [0.29, 0.717) is 43.6 Å². The summed E-state index contributed by atoms with van der Waals surface area (Å²) in [6.45, 7) is -0.431. The van der Waals surface area contributed by atoms with Gasteiger partial charge in [0, 0.05) is 13.1 Å². The molecule has 0 unspecified atom stereocenters. The Hall–Kier alpha value is -4.93. The Kier molecular flexibility index (Phi) is 7.13. The molecule has 11 nitrogen and oxygen atoms in total. The van der Waals surface area contributed by atoms with Gasteiger partial charge in [0.2, 0.25) is 5.95 Å². The second-order valence-electron chi connectivity index (χ2n) is 8.63. The molecule has 2 aromatic carbocycles. The highest BCUT2D eigenvalue weighted by atomic mass is 19.4. The van der Waals surface area contributed by atoms with Crippen molar-refractivity contribution in [3.8, 4) is 5.69 Å². The number of carbonyl (C=O) groups is 1. The number of rotatable bonds is 5. The summed E-state index contributed by atoms with van der Waals surface area (Å²) in [6.07, 6.45) is -3.64. The number of aliphatic carboxylic acids is 1. The fraction of sp³-hybridized carbons (Fsp3) is 0.240. The number of nitrogens with zero attached hydrogens (tertiary/aromatic N) is 6. The van der Waals surface area contributed by atoms with Crippen LogP contribution in [0.4, 0.5) is 38.1 Å². The number of hydrogen-bond acceptors (Lipinski definition) is 8. The number of aromatic amines is 1. The number of fused-ring (bicyclic) bond motifs is 2. The van der Waals surface area contributed by atoms with Crippen molar-refractivity contribution < 1.29 is 43.7 Å². The normalized spacial score (nSPS) is 14.8. The van der Waals surface area contributed by atoms with Crippen LogP contribution in [-0.2, 0) is 16.0 Å². The summed E-state index contributed by atoms with van der Waals surface area (Å²) in [7, 11) is 0. The predicted molar refractivity (Wildman–Crippen MR) is 137 cm³/mol. The number of anilines is 2. The number of aromatic nitrogens is 6. The third kappa shape index (κ3) is 6.04. The number of H-pyrrole nitrogens is 1. The number of morpholine rings is 1. The van der Waals surface area contributed by atoms with Crippen LogP contribution in [0.2, 0.25) is 0 Å². The lowest BCUT2D eigenvalue weighted by molar-refractivity contribution is -0.192. The van der Waals surface area contributed by atoms with E-state index >= 15 is 0 Å². The Morgan fingerprint density at radius 1 is 1.10 bits per heavy atom. The molecule has 0 bridgehead atoms. The van der Waals surface area contributed by atoms with E-state index in [9.17, 15) is 26.3 Å². The number of imidazole rings is 2. The van der Waals surface area contributed by atoms with Gasteiger partial charge in [0.15, 0.2) is 28.6 Å². The van der Waals surface area contributed by atoms with Gasteiger partial charge in [0.05, 0.1) is 33.7 Å². The van der Waals surface area contributed by atoms with Crippen molar-refractivity contribution in [3.05, 3.63) is 66.0 Å². The van der Waals surface area contributed by atoms with E-state index in [1.54, 1.807) is 16.7 Å². The van der Waals surface area contributed by atoms with Crippen LogP contribution in [0.1, 0.15) is 8.57 Å². The molecule has 3 N–H and O–H groups in total. The quantitative estimate of drug-likeness (QED) is 0.256. The van der Waals surface area contributed by atoms with E-state index in [2.05, 4.69) is 30.2 Å². The minimum atomic E-state index is -5.08. The Morgan fingerprint density at radius 3 is 2.52 bits per heavy atom. The monoisotopic (exact) mass is 596 g/mol. The highest BCUT2D eigenvalue weighted by Crippen LogP contribution is 2.26. The number of alkyl halides is 3. The minimum Gasteiger partial charge on any atom is -0.475 e. The lowest BCUT2D eigenvalue weighted by Gasteiger charge is -2.27. The molecule has 17 heteroatoms. The molecule has 1 aliphatic heterocycles. The van der Waals surface area contributed by atoms with Gasteiger partial charge >= 0.3 is 12.1 Å². The molecule has 0 atom stereocenters. The van der Waals surface area contributed by atoms with Gasteiger partial charge in [0.25, 0.3) is 0 Å². The third-order valence-corrected chi connectivity index (χ3v) is 5.85. The van der Waals surface area contributed by atoms with Crippen LogP contribution in [0.25, 0.3) is 27.9 Å². The molecule has 0 aliphatic carbocycles. The van der Waals surface area contributed by atoms with Crippen LogP contribution in [0.3, 0.4) is 0 Å². The van der Waals surface area contributed by atoms with E-state index in [-0.39, 0.29) is 28.2 Å². The number of hydrogen-bond donors (Lipinski definition) is 3. The third-order valence-electron chi connectivity index (χ3n) is 5.85. The maximum atomic E-state index is 14.2. The number of ether oxygens (including phenoxy) is 1. The first-order valence-corrected chi connectivity index (χ1v) is 12.0. The molecule has 1 aliphatic rings. The highest BCUT2D eigenvalue weighted by Gasteiger charge is 2.38. The van der Waals surface area contributed by atoms with Crippen molar-refractivity contribution in [2.24, 2.45) is 0 Å². The summed E-state index contributed by atoms with van der Waals surface area (Å²) in [5.41, 5.74) is 0.823. The zero-order valence-corrected chi connectivity index (χ0v) is 21.1. The number of nitrogens with one attached hydrogen (secondary N) is 2. The topological polar surface area (TPSA) is 134 Å². The first kappa shape index (κ1) is 26.0. The molecule has 42 heavy (non-hydrogen) atoms. The molecule has 0 spiro atoms. The zero-order valence-electron chi connectivity index (χ0n) is 23.1. The van der Waals surface area contributed by atoms with Gasteiger partial charge in [-0.05, 0) is 30.3 Å². The molecule has 220 valence electrons. The highest BCUT2D eigenvalue weighted by molar-refractivity contribution is 5.85. The van der Waals surface area contributed by atoms with E-state index in [1.807, 2.05) is 4.90 Å². The fourth-order valence-corrected chi connectivity index (χ4v) is 3.89. The van der Waals surface area contributed by atoms with Gasteiger partial charge in [-0.3, -0.25) is 4.57 Å². The van der Waals surface area contributed by atoms with Gasteiger partial charge in [-0.1, -0.05) is 6.07 Å². The smallest absolute Gasteiger partial charge is 0.475 e. The lowest BCUT2D eigenvalue weighted by Crippen LogP contribution is -2.37. The Labute approximate surface area is 234 Å². The predicted octanol–water partition coefficient (Wildman–Crippen LogP) is 4.19. The lowest BCUT2D eigenvalue weighted by atomic mass is 10.3. The second-order valence-corrected chi connectivity index (χ2v) is 8.63. The fourth-order valence-electron chi connectivity index (χ4n) is 3.89. The summed E-state index contributed by atoms with van der Waals surface area (Å²) in [5.74, 6) is -5.41. The van der Waals surface area contributed by atoms with Crippen LogP contribution in [0, 0.1) is 17.5 Å². The van der Waals surface area contributed by atoms with Crippen molar-refractivity contribution in [1.29, 1.82) is 0 Å². The summed E-state index contributed by atoms with van der Waals surface area (Å²) < 4.78 is 97.8. The Bertz CT molecular complexity index is 1840. The summed E-state index contributed by atoms with van der Waals surface area (Å²) in [6, 6.07) is 8.11. The Morgan fingerprint density at radius 2 is 1.83 bits per heavy atom. The van der Waals surface area contributed by atoms with Crippen molar-refractivity contribution in [2.45, 2.75) is 12.7 Å². The number of halogens is 6. The maximum absolute atomic E-state index is 14.2. The van der Waals surface area contributed by atoms with Crippen molar-refractivity contribution >= 4 is 39.9 Å². The van der Waals surface area contributed by atoms with Crippen molar-refractivity contribution in [1.82, 2.24) is 29.5 Å². The molecule has 1 saturated heterocycles. The van der Waals surface area contributed by atoms with E-state index < -0.39 is 36.1 Å². The van der Waals surface area contributed by atoms with Crippen LogP contribution >= 0.6 is 0 Å². The largest absolute Gasteiger partial charge is 0.490 e. The van der Waals surface area contributed by atoms with Gasteiger partial charge in [-0.2, -0.15) is 23.1 Å². The first-order valence-electron chi connectivity index (χ1n) is 13.0. The van der Waals surface area contributed by atoms with Gasteiger partial charge in [-0.15, -0.1) is 0 Å². The molecule has 1 fully saturated rings. The molecule has 5 aromatic rings. The number of benzene rings is 2. The van der Waals surface area contributed by atoms with E-state index in [4.69, 9.17) is 17.4 Å². The summed E-state index contributed by atoms with van der Waals surface area (Å²) >= 11 is 0. The van der Waals surface area contributed by atoms with Crippen LogP contribution in [0.5, 0.6) is 0 Å². The van der Waals surface area contributed by atoms with Crippen molar-refractivity contribution in [3.63, 3.8) is 0 Å². The molecular weight excluding hydrogens is 574 g/mol. The molecule has 0 radical (unpaired) electrons. The van der Waals surface area contributed by atoms with E-state index in [0.717, 1.165) is 6.07 Å². The standard InChI is InChI=1S/C23H19F3N8O.C2HF3O2/c24-13-2-1-3-14(10-13)34-12-28-20-21(31-23(32-22(20)34)33-6-8-35-9-7-33)27-11-17-29-16-5-4-15(25)18(26)19(16)30-17;3-2(4,5)1(6)7/h1-5,10,12H,6-9,11H2,(H,29,30)(H,27,31,32);(H,6,7)/i11D2;. The van der Waals surface area contributed by atoms with E-state index in [1.165, 1.54) is 24.5 Å². The number of carboxylic acid groups (broad SMARTS) is 1. The van der Waals surface area contributed by atoms with Gasteiger partial charge in [-0.25, -0.2) is 27.9 Å². The zero-order chi connectivity index (χ0) is 31.8. The molecule has 6 rings (SSSR count). The molecule has 0 saturated carbocycles. The van der Waals surface area contributed by atoms with Gasteiger partial charge < -0.3 is 25.0 Å².